The summed E-state index contributed by atoms with van der Waals surface area (Å²) in [5.41, 5.74) is 5.51. The van der Waals surface area contributed by atoms with E-state index in [0.29, 0.717) is 17.9 Å². The zero-order valence-electron chi connectivity index (χ0n) is 12.0. The Hall–Kier alpha value is -1.39. The van der Waals surface area contributed by atoms with Gasteiger partial charge in [0.1, 0.15) is 0 Å². The molecule has 2 aromatic rings. The molecule has 0 atom stereocenters. The van der Waals surface area contributed by atoms with Gasteiger partial charge in [0.25, 0.3) is 0 Å². The van der Waals surface area contributed by atoms with Gasteiger partial charge in [-0.25, -0.2) is 8.42 Å². The summed E-state index contributed by atoms with van der Waals surface area (Å²) in [7, 11) is -3.25. The van der Waals surface area contributed by atoms with E-state index >= 15 is 0 Å². The molecule has 0 amide bonds. The van der Waals surface area contributed by atoms with Crippen LogP contribution in [0.15, 0.2) is 47.4 Å². The third-order valence-corrected chi connectivity index (χ3v) is 5.39. The maximum Gasteiger partial charge on any atom is 0.178 e. The Morgan fingerprint density at radius 3 is 2.35 bits per heavy atom. The highest BCUT2D eigenvalue weighted by Crippen LogP contribution is 2.24. The molecular weight excluding hydrogens is 270 g/mol. The average molecular weight is 291 g/mol. The van der Waals surface area contributed by atoms with Crippen LogP contribution in [0.4, 0.5) is 0 Å². The maximum atomic E-state index is 12.4. The highest BCUT2D eigenvalue weighted by atomic mass is 32.2. The molecule has 0 saturated heterocycles. The molecule has 0 saturated carbocycles. The minimum Gasteiger partial charge on any atom is -0.330 e. The van der Waals surface area contributed by atoms with Gasteiger partial charge in [0.15, 0.2) is 9.84 Å². The highest BCUT2D eigenvalue weighted by Gasteiger charge is 2.22. The minimum atomic E-state index is -3.25. The molecule has 3 nitrogen and oxygen atoms in total. The summed E-state index contributed by atoms with van der Waals surface area (Å²) in [6, 6.07) is 13.1. The quantitative estimate of drug-likeness (QED) is 0.921. The van der Waals surface area contributed by atoms with E-state index in [9.17, 15) is 8.42 Å². The van der Waals surface area contributed by atoms with Crippen LogP contribution in [0.25, 0.3) is 10.8 Å². The lowest BCUT2D eigenvalue weighted by Gasteiger charge is -2.21. The SMILES string of the molecule is CC(C)(CN)CCS(=O)(=O)c1ccc2ccccc2c1. The summed E-state index contributed by atoms with van der Waals surface area (Å²) in [6.07, 6.45) is 0.568. The van der Waals surface area contributed by atoms with Crippen molar-refractivity contribution in [1.82, 2.24) is 0 Å². The summed E-state index contributed by atoms with van der Waals surface area (Å²) in [5.74, 6) is 0.134. The number of benzene rings is 2. The van der Waals surface area contributed by atoms with Gasteiger partial charge in [-0.2, -0.15) is 0 Å². The Balaban J connectivity index is 2.27. The molecule has 2 rings (SSSR count). The lowest BCUT2D eigenvalue weighted by atomic mass is 9.91. The summed E-state index contributed by atoms with van der Waals surface area (Å²) < 4.78 is 24.8. The number of hydrogen-bond acceptors (Lipinski definition) is 3. The fraction of sp³-hybridized carbons (Fsp3) is 0.375. The van der Waals surface area contributed by atoms with E-state index in [4.69, 9.17) is 5.73 Å². The van der Waals surface area contributed by atoms with Crippen molar-refractivity contribution < 1.29 is 8.42 Å². The van der Waals surface area contributed by atoms with Crippen molar-refractivity contribution in [2.75, 3.05) is 12.3 Å². The predicted molar refractivity (Wildman–Crippen MR) is 83.5 cm³/mol. The predicted octanol–water partition coefficient (Wildman–Crippen LogP) is 2.99. The van der Waals surface area contributed by atoms with Crippen LogP contribution in [0.5, 0.6) is 0 Å². The molecule has 0 aromatic heterocycles. The van der Waals surface area contributed by atoms with Crippen LogP contribution in [0.2, 0.25) is 0 Å². The van der Waals surface area contributed by atoms with Crippen molar-refractivity contribution in [2.24, 2.45) is 11.1 Å². The molecule has 4 heteroatoms. The highest BCUT2D eigenvalue weighted by molar-refractivity contribution is 7.91. The van der Waals surface area contributed by atoms with Crippen molar-refractivity contribution in [2.45, 2.75) is 25.2 Å². The fourth-order valence-electron chi connectivity index (χ4n) is 1.99. The second kappa shape index (κ2) is 5.54. The maximum absolute atomic E-state index is 12.4. The molecule has 0 heterocycles. The number of rotatable bonds is 5. The monoisotopic (exact) mass is 291 g/mol. The summed E-state index contributed by atoms with van der Waals surface area (Å²) in [6.45, 7) is 4.46. The van der Waals surface area contributed by atoms with E-state index in [1.54, 1.807) is 12.1 Å². The Labute approximate surface area is 120 Å². The van der Waals surface area contributed by atoms with Crippen LogP contribution >= 0.6 is 0 Å². The van der Waals surface area contributed by atoms with Gasteiger partial charge in [-0.3, -0.25) is 0 Å². The zero-order chi connectivity index (χ0) is 14.8. The van der Waals surface area contributed by atoms with Crippen LogP contribution in [-0.4, -0.2) is 20.7 Å². The van der Waals surface area contributed by atoms with Crippen LogP contribution in [0.3, 0.4) is 0 Å². The van der Waals surface area contributed by atoms with E-state index in [0.717, 1.165) is 10.8 Å². The molecule has 2 N–H and O–H groups in total. The van der Waals surface area contributed by atoms with Crippen molar-refractivity contribution in [3.8, 4) is 0 Å². The first-order valence-electron chi connectivity index (χ1n) is 6.76. The first-order valence-corrected chi connectivity index (χ1v) is 8.41. The van der Waals surface area contributed by atoms with Gasteiger partial charge in [0.2, 0.25) is 0 Å². The van der Waals surface area contributed by atoms with Gasteiger partial charge in [0.05, 0.1) is 10.6 Å². The Bertz CT molecular complexity index is 705. The van der Waals surface area contributed by atoms with Crippen LogP contribution in [-0.2, 0) is 9.84 Å². The number of hydrogen-bond donors (Lipinski definition) is 1. The largest absolute Gasteiger partial charge is 0.330 e. The molecule has 108 valence electrons. The molecule has 0 aliphatic heterocycles. The molecule has 0 bridgehead atoms. The van der Waals surface area contributed by atoms with Crippen LogP contribution in [0, 0.1) is 5.41 Å². The first-order chi connectivity index (χ1) is 9.34. The fourth-order valence-corrected chi connectivity index (χ4v) is 3.63. The topological polar surface area (TPSA) is 60.2 Å². The van der Waals surface area contributed by atoms with Gasteiger partial charge < -0.3 is 5.73 Å². The van der Waals surface area contributed by atoms with E-state index in [-0.39, 0.29) is 11.2 Å². The molecule has 0 unspecified atom stereocenters. The zero-order valence-corrected chi connectivity index (χ0v) is 12.8. The molecule has 0 aliphatic carbocycles. The van der Waals surface area contributed by atoms with Crippen LogP contribution in [0.1, 0.15) is 20.3 Å². The first kappa shape index (κ1) is 15.0. The third kappa shape index (κ3) is 3.38. The molecule has 0 spiro atoms. The lowest BCUT2D eigenvalue weighted by Crippen LogP contribution is -2.26. The Morgan fingerprint density at radius 1 is 1.05 bits per heavy atom. The second-order valence-corrected chi connectivity index (χ2v) is 8.06. The lowest BCUT2D eigenvalue weighted by molar-refractivity contribution is 0.365. The van der Waals surface area contributed by atoms with Crippen molar-refractivity contribution in [3.05, 3.63) is 42.5 Å². The standard InChI is InChI=1S/C16H21NO2S/c1-16(2,12-17)9-10-20(18,19)15-8-7-13-5-3-4-6-14(13)11-15/h3-8,11H,9-10,12,17H2,1-2H3. The normalized spacial score (nSPS) is 12.8. The van der Waals surface area contributed by atoms with Gasteiger partial charge in [-0.1, -0.05) is 44.2 Å². The average Bonchev–Trinajstić information content (AvgIpc) is 2.45. The van der Waals surface area contributed by atoms with Gasteiger partial charge in [0, 0.05) is 0 Å². The van der Waals surface area contributed by atoms with E-state index in [1.165, 1.54) is 0 Å². The molecule has 0 radical (unpaired) electrons. The third-order valence-electron chi connectivity index (χ3n) is 3.68. The van der Waals surface area contributed by atoms with Crippen molar-refractivity contribution >= 4 is 20.6 Å². The molecular formula is C16H21NO2S. The molecule has 2 aromatic carbocycles. The Morgan fingerprint density at radius 2 is 1.70 bits per heavy atom. The van der Waals surface area contributed by atoms with Gasteiger partial charge in [-0.05, 0) is 41.3 Å². The summed E-state index contributed by atoms with van der Waals surface area (Å²) >= 11 is 0. The van der Waals surface area contributed by atoms with Gasteiger partial charge in [-0.15, -0.1) is 0 Å². The van der Waals surface area contributed by atoms with E-state index in [1.807, 2.05) is 44.2 Å². The number of nitrogens with two attached hydrogens (primary N) is 1. The van der Waals surface area contributed by atoms with Crippen LogP contribution < -0.4 is 5.73 Å². The summed E-state index contributed by atoms with van der Waals surface area (Å²) in [4.78, 5) is 0.393. The van der Waals surface area contributed by atoms with Gasteiger partial charge >= 0.3 is 0 Å². The van der Waals surface area contributed by atoms with E-state index < -0.39 is 9.84 Å². The van der Waals surface area contributed by atoms with Crippen molar-refractivity contribution in [3.63, 3.8) is 0 Å². The smallest absolute Gasteiger partial charge is 0.178 e. The number of sulfone groups is 1. The second-order valence-electron chi connectivity index (χ2n) is 5.95. The molecule has 0 fully saturated rings. The molecule has 0 aliphatic rings. The Kier molecular flexibility index (Phi) is 4.16. The minimum absolute atomic E-state index is 0.134. The number of fused-ring (bicyclic) bond motifs is 1. The van der Waals surface area contributed by atoms with Crippen molar-refractivity contribution in [1.29, 1.82) is 0 Å². The van der Waals surface area contributed by atoms with E-state index in [2.05, 4.69) is 0 Å². The molecule has 20 heavy (non-hydrogen) atoms. The summed E-state index contributed by atoms with van der Waals surface area (Å²) in [5, 5.41) is 2.00.